The molecule has 1 unspecified atom stereocenters. The molecule has 17 heavy (non-hydrogen) atoms. The first kappa shape index (κ1) is 10.5. The lowest BCUT2D eigenvalue weighted by atomic mass is 10.1. The highest BCUT2D eigenvalue weighted by Gasteiger charge is 2.25. The Morgan fingerprint density at radius 3 is 3.00 bits per heavy atom. The van der Waals surface area contributed by atoms with Crippen LogP contribution in [0.2, 0.25) is 0 Å². The first-order chi connectivity index (χ1) is 8.22. The Bertz CT molecular complexity index is 558. The van der Waals surface area contributed by atoms with Crippen LogP contribution in [0.25, 0.3) is 10.6 Å². The van der Waals surface area contributed by atoms with Gasteiger partial charge in [-0.2, -0.15) is 0 Å². The van der Waals surface area contributed by atoms with Crippen LogP contribution in [0.1, 0.15) is 23.0 Å². The summed E-state index contributed by atoms with van der Waals surface area (Å²) in [6, 6.07) is 4.19. The Morgan fingerprint density at radius 1 is 1.47 bits per heavy atom. The Morgan fingerprint density at radius 2 is 2.35 bits per heavy atom. The zero-order chi connectivity index (χ0) is 11.8. The van der Waals surface area contributed by atoms with Crippen molar-refractivity contribution in [2.24, 2.45) is 0 Å². The number of aromatic nitrogens is 2. The van der Waals surface area contributed by atoms with E-state index in [2.05, 4.69) is 34.3 Å². The molecular formula is C12H13N3OS. The third kappa shape index (κ3) is 1.98. The highest BCUT2D eigenvalue weighted by molar-refractivity contribution is 7.15. The average molecular weight is 247 g/mol. The quantitative estimate of drug-likeness (QED) is 0.853. The zero-order valence-electron chi connectivity index (χ0n) is 9.49. The molecule has 1 amide bonds. The van der Waals surface area contributed by atoms with Gasteiger partial charge in [0, 0.05) is 23.8 Å². The lowest BCUT2D eigenvalue weighted by Crippen LogP contribution is -2.13. The fourth-order valence-electron chi connectivity index (χ4n) is 2.05. The number of aromatic amines is 1. The second kappa shape index (κ2) is 4.00. The largest absolute Gasteiger partial charge is 0.355 e. The number of H-pyrrole nitrogens is 1. The molecule has 0 radical (unpaired) electrons. The number of aryl methyl sites for hydroxylation is 1. The van der Waals surface area contributed by atoms with Crippen molar-refractivity contribution in [1.29, 1.82) is 0 Å². The molecule has 5 heteroatoms. The molecule has 1 atom stereocenters. The molecule has 3 rings (SSSR count). The molecule has 0 spiro atoms. The highest BCUT2D eigenvalue weighted by Crippen LogP contribution is 2.28. The Balaban J connectivity index is 1.85. The van der Waals surface area contributed by atoms with Crippen molar-refractivity contribution < 1.29 is 4.79 Å². The number of carbonyl (C=O) groups is 1. The van der Waals surface area contributed by atoms with Gasteiger partial charge in [0.15, 0.2) is 0 Å². The first-order valence-electron chi connectivity index (χ1n) is 5.61. The normalized spacial score (nSPS) is 19.6. The van der Waals surface area contributed by atoms with Crippen LogP contribution in [-0.2, 0) is 4.79 Å². The van der Waals surface area contributed by atoms with Crippen molar-refractivity contribution in [2.75, 3.05) is 6.54 Å². The Hall–Kier alpha value is -1.62. The predicted molar refractivity (Wildman–Crippen MR) is 67.0 cm³/mol. The summed E-state index contributed by atoms with van der Waals surface area (Å²) in [5, 5.41) is 2.82. The number of hydrogen-bond donors (Lipinski definition) is 2. The topological polar surface area (TPSA) is 57.8 Å². The fraction of sp³-hybridized carbons (Fsp3) is 0.333. The summed E-state index contributed by atoms with van der Waals surface area (Å²) in [6.07, 6.45) is 2.39. The van der Waals surface area contributed by atoms with Crippen LogP contribution in [0.15, 0.2) is 18.3 Å². The standard InChI is InChI=1S/C12H13N3OS/c1-7-2-3-10(17-7)9-6-14-12(15-9)8-4-11(16)13-5-8/h2-3,6,8H,4-5H2,1H3,(H,13,16)(H,14,15). The van der Waals surface area contributed by atoms with Crippen molar-refractivity contribution in [3.05, 3.63) is 29.0 Å². The van der Waals surface area contributed by atoms with E-state index < -0.39 is 0 Å². The molecule has 2 N–H and O–H groups in total. The number of nitrogens with one attached hydrogen (secondary N) is 2. The van der Waals surface area contributed by atoms with E-state index in [1.807, 2.05) is 6.20 Å². The van der Waals surface area contributed by atoms with Crippen molar-refractivity contribution >= 4 is 17.2 Å². The van der Waals surface area contributed by atoms with Gasteiger partial charge in [0.25, 0.3) is 0 Å². The van der Waals surface area contributed by atoms with Gasteiger partial charge >= 0.3 is 0 Å². The van der Waals surface area contributed by atoms with E-state index in [1.165, 1.54) is 9.75 Å². The van der Waals surface area contributed by atoms with E-state index in [9.17, 15) is 4.79 Å². The summed E-state index contributed by atoms with van der Waals surface area (Å²) in [6.45, 7) is 2.78. The maximum Gasteiger partial charge on any atom is 0.220 e. The molecule has 1 saturated heterocycles. The van der Waals surface area contributed by atoms with Gasteiger partial charge in [0.1, 0.15) is 5.82 Å². The minimum Gasteiger partial charge on any atom is -0.355 e. The smallest absolute Gasteiger partial charge is 0.220 e. The van der Waals surface area contributed by atoms with E-state index in [0.29, 0.717) is 13.0 Å². The molecule has 1 aliphatic rings. The number of hydrogen-bond acceptors (Lipinski definition) is 3. The molecule has 1 fully saturated rings. The third-order valence-corrected chi connectivity index (χ3v) is 4.00. The molecule has 4 nitrogen and oxygen atoms in total. The van der Waals surface area contributed by atoms with E-state index in [1.54, 1.807) is 11.3 Å². The van der Waals surface area contributed by atoms with E-state index >= 15 is 0 Å². The monoisotopic (exact) mass is 247 g/mol. The number of nitrogens with zero attached hydrogens (tertiary/aromatic N) is 1. The van der Waals surface area contributed by atoms with Gasteiger partial charge < -0.3 is 10.3 Å². The SMILES string of the molecule is Cc1ccc(-c2cnc(C3CNC(=O)C3)[nH]2)s1. The summed E-state index contributed by atoms with van der Waals surface area (Å²) in [5.41, 5.74) is 1.04. The lowest BCUT2D eigenvalue weighted by molar-refractivity contribution is -0.119. The molecule has 3 heterocycles. The van der Waals surface area contributed by atoms with E-state index in [-0.39, 0.29) is 11.8 Å². The molecule has 0 aromatic carbocycles. The molecule has 88 valence electrons. The Kier molecular flexibility index (Phi) is 2.48. The van der Waals surface area contributed by atoms with Crippen LogP contribution >= 0.6 is 11.3 Å². The minimum absolute atomic E-state index is 0.111. The van der Waals surface area contributed by atoms with Gasteiger partial charge in [0.05, 0.1) is 16.8 Å². The number of amides is 1. The van der Waals surface area contributed by atoms with Crippen LogP contribution in [0.3, 0.4) is 0 Å². The van der Waals surface area contributed by atoms with Crippen LogP contribution in [0.5, 0.6) is 0 Å². The number of rotatable bonds is 2. The second-order valence-corrected chi connectivity index (χ2v) is 5.59. The average Bonchev–Trinajstić information content (AvgIpc) is 2.96. The van der Waals surface area contributed by atoms with Crippen molar-refractivity contribution in [2.45, 2.75) is 19.3 Å². The summed E-state index contributed by atoms with van der Waals surface area (Å²) in [5.74, 6) is 1.21. The fourth-order valence-corrected chi connectivity index (χ4v) is 2.88. The van der Waals surface area contributed by atoms with Crippen molar-refractivity contribution in [3.8, 4) is 10.6 Å². The van der Waals surface area contributed by atoms with Crippen molar-refractivity contribution in [1.82, 2.24) is 15.3 Å². The third-order valence-electron chi connectivity index (χ3n) is 2.97. The maximum absolute atomic E-state index is 11.2. The summed E-state index contributed by atoms with van der Waals surface area (Å²) in [7, 11) is 0. The maximum atomic E-state index is 11.2. The minimum atomic E-state index is 0.111. The second-order valence-electron chi connectivity index (χ2n) is 4.30. The first-order valence-corrected chi connectivity index (χ1v) is 6.42. The summed E-state index contributed by atoms with van der Waals surface area (Å²) < 4.78 is 0. The highest BCUT2D eigenvalue weighted by atomic mass is 32.1. The van der Waals surface area contributed by atoms with Crippen LogP contribution < -0.4 is 5.32 Å². The van der Waals surface area contributed by atoms with Crippen molar-refractivity contribution in [3.63, 3.8) is 0 Å². The van der Waals surface area contributed by atoms with Gasteiger partial charge in [0.2, 0.25) is 5.91 Å². The molecular weight excluding hydrogens is 234 g/mol. The molecule has 2 aromatic rings. The summed E-state index contributed by atoms with van der Waals surface area (Å²) >= 11 is 1.74. The Labute approximate surface area is 103 Å². The lowest BCUT2D eigenvalue weighted by Gasteiger charge is -2.01. The molecule has 2 aromatic heterocycles. The molecule has 0 saturated carbocycles. The van der Waals surface area contributed by atoms with E-state index in [0.717, 1.165) is 11.5 Å². The number of carbonyl (C=O) groups excluding carboxylic acids is 1. The predicted octanol–water partition coefficient (Wildman–Crippen LogP) is 2.05. The van der Waals surface area contributed by atoms with E-state index in [4.69, 9.17) is 0 Å². The van der Waals surface area contributed by atoms with Gasteiger partial charge in [-0.3, -0.25) is 4.79 Å². The van der Waals surface area contributed by atoms with Crippen LogP contribution in [0, 0.1) is 6.92 Å². The molecule has 1 aliphatic heterocycles. The van der Waals surface area contributed by atoms with Gasteiger partial charge in [-0.05, 0) is 19.1 Å². The number of imidazole rings is 1. The van der Waals surface area contributed by atoms with Gasteiger partial charge in [-0.15, -0.1) is 11.3 Å². The number of thiophene rings is 1. The molecule has 0 aliphatic carbocycles. The zero-order valence-corrected chi connectivity index (χ0v) is 10.3. The molecule has 0 bridgehead atoms. The van der Waals surface area contributed by atoms with Gasteiger partial charge in [-0.1, -0.05) is 0 Å². The van der Waals surface area contributed by atoms with Crippen LogP contribution in [0.4, 0.5) is 0 Å². The van der Waals surface area contributed by atoms with Crippen LogP contribution in [-0.4, -0.2) is 22.4 Å². The summed E-state index contributed by atoms with van der Waals surface area (Å²) in [4.78, 5) is 21.3. The van der Waals surface area contributed by atoms with Gasteiger partial charge in [-0.25, -0.2) is 4.98 Å².